The first-order valence-corrected chi connectivity index (χ1v) is 9.44. The Hall–Kier alpha value is -2.65. The molecule has 0 aromatic heterocycles. The molecule has 0 amide bonds. The number of ether oxygens (including phenoxy) is 1. The minimum absolute atomic E-state index is 0.229. The fourth-order valence-electron chi connectivity index (χ4n) is 2.98. The molecule has 0 aliphatic rings. The van der Waals surface area contributed by atoms with E-state index in [2.05, 4.69) is 36.5 Å². The van der Waals surface area contributed by atoms with E-state index in [1.807, 2.05) is 36.4 Å². The second-order valence-corrected chi connectivity index (χ2v) is 6.79. The summed E-state index contributed by atoms with van der Waals surface area (Å²) in [7, 11) is 0. The number of benzene rings is 3. The highest BCUT2D eigenvalue weighted by Crippen LogP contribution is 2.20. The number of para-hydroxylation sites is 1. The van der Waals surface area contributed by atoms with E-state index in [0.29, 0.717) is 11.6 Å². The minimum atomic E-state index is -0.234. The van der Waals surface area contributed by atoms with Crippen LogP contribution in [0.15, 0.2) is 78.9 Å². The van der Waals surface area contributed by atoms with Crippen LogP contribution in [0.4, 0.5) is 4.39 Å². The van der Waals surface area contributed by atoms with Gasteiger partial charge in [-0.25, -0.2) is 4.39 Å². The van der Waals surface area contributed by atoms with E-state index in [9.17, 15) is 4.39 Å². The zero-order valence-corrected chi connectivity index (χ0v) is 15.7. The van der Waals surface area contributed by atoms with Crippen molar-refractivity contribution < 1.29 is 9.13 Å². The topological polar surface area (TPSA) is 21.3 Å². The first kappa shape index (κ1) is 19.1. The molecular weight excluding hydrogens is 337 g/mol. The maximum atomic E-state index is 13.8. The molecule has 0 fully saturated rings. The predicted octanol–water partition coefficient (Wildman–Crippen LogP) is 5.52. The lowest BCUT2D eigenvalue weighted by atomic mass is 10.1. The Morgan fingerprint density at radius 3 is 2.30 bits per heavy atom. The van der Waals surface area contributed by atoms with Crippen LogP contribution in [0.5, 0.6) is 5.75 Å². The van der Waals surface area contributed by atoms with Gasteiger partial charge in [-0.15, -0.1) is 0 Å². The van der Waals surface area contributed by atoms with Gasteiger partial charge in [0.1, 0.15) is 18.2 Å². The number of hydrogen-bond donors (Lipinski definition) is 1. The highest BCUT2D eigenvalue weighted by atomic mass is 19.1. The molecule has 0 aliphatic heterocycles. The molecule has 0 radical (unpaired) electrons. The van der Waals surface area contributed by atoms with Gasteiger partial charge in [0.25, 0.3) is 0 Å². The summed E-state index contributed by atoms with van der Waals surface area (Å²) in [4.78, 5) is 0. The Morgan fingerprint density at radius 2 is 1.52 bits per heavy atom. The van der Waals surface area contributed by atoms with Gasteiger partial charge in [-0.2, -0.15) is 0 Å². The van der Waals surface area contributed by atoms with Gasteiger partial charge < -0.3 is 10.1 Å². The molecule has 0 spiro atoms. The first-order valence-electron chi connectivity index (χ1n) is 9.44. The molecule has 1 unspecified atom stereocenters. The number of aryl methyl sites for hydroxylation is 1. The average Bonchev–Trinajstić information content (AvgIpc) is 2.71. The molecule has 1 atom stereocenters. The molecule has 0 bridgehead atoms. The van der Waals surface area contributed by atoms with E-state index < -0.39 is 0 Å². The van der Waals surface area contributed by atoms with Gasteiger partial charge in [0.2, 0.25) is 0 Å². The van der Waals surface area contributed by atoms with Crippen LogP contribution in [0.1, 0.15) is 30.0 Å². The zero-order valence-electron chi connectivity index (χ0n) is 15.7. The summed E-state index contributed by atoms with van der Waals surface area (Å²) in [6.45, 7) is 3.16. The van der Waals surface area contributed by atoms with Crippen molar-refractivity contribution in [1.82, 2.24) is 5.32 Å². The van der Waals surface area contributed by atoms with E-state index in [-0.39, 0.29) is 12.4 Å². The van der Waals surface area contributed by atoms with Crippen LogP contribution in [0.2, 0.25) is 0 Å². The summed E-state index contributed by atoms with van der Waals surface area (Å²) >= 11 is 0. The van der Waals surface area contributed by atoms with Crippen molar-refractivity contribution in [2.45, 2.75) is 39.0 Å². The molecule has 3 heteroatoms. The lowest BCUT2D eigenvalue weighted by Gasteiger charge is -2.16. The van der Waals surface area contributed by atoms with Crippen LogP contribution in [-0.4, -0.2) is 6.04 Å². The van der Waals surface area contributed by atoms with Gasteiger partial charge >= 0.3 is 0 Å². The summed E-state index contributed by atoms with van der Waals surface area (Å²) in [5, 5.41) is 3.57. The third-order valence-electron chi connectivity index (χ3n) is 4.66. The quantitative estimate of drug-likeness (QED) is 0.541. The van der Waals surface area contributed by atoms with Crippen LogP contribution < -0.4 is 10.1 Å². The van der Waals surface area contributed by atoms with E-state index in [4.69, 9.17) is 4.74 Å². The largest absolute Gasteiger partial charge is 0.488 e. The SMILES string of the molecule is CC(CCc1ccccc1)NCc1ccccc1OCc1ccccc1F. The van der Waals surface area contributed by atoms with Crippen molar-refractivity contribution in [3.8, 4) is 5.75 Å². The van der Waals surface area contributed by atoms with Crippen LogP contribution in [-0.2, 0) is 19.6 Å². The number of hydrogen-bond acceptors (Lipinski definition) is 2. The lowest BCUT2D eigenvalue weighted by Crippen LogP contribution is -2.26. The summed E-state index contributed by atoms with van der Waals surface area (Å²) in [6.07, 6.45) is 2.13. The van der Waals surface area contributed by atoms with Gasteiger partial charge in [-0.1, -0.05) is 66.7 Å². The molecule has 0 saturated carbocycles. The number of nitrogens with one attached hydrogen (secondary N) is 1. The monoisotopic (exact) mass is 363 g/mol. The fourth-order valence-corrected chi connectivity index (χ4v) is 2.98. The first-order chi connectivity index (χ1) is 13.2. The van der Waals surface area contributed by atoms with Gasteiger partial charge in [0, 0.05) is 23.7 Å². The standard InChI is InChI=1S/C24H26FNO/c1-19(15-16-20-9-3-2-4-10-20)26-17-21-11-6-8-14-24(21)27-18-22-12-5-7-13-23(22)25/h2-14,19,26H,15-18H2,1H3. The van der Waals surface area contributed by atoms with Crippen molar-refractivity contribution >= 4 is 0 Å². The van der Waals surface area contributed by atoms with Crippen LogP contribution in [0.3, 0.4) is 0 Å². The maximum absolute atomic E-state index is 13.8. The average molecular weight is 363 g/mol. The van der Waals surface area contributed by atoms with Crippen molar-refractivity contribution in [2.75, 3.05) is 0 Å². The molecule has 3 aromatic rings. The van der Waals surface area contributed by atoms with E-state index in [1.54, 1.807) is 12.1 Å². The Labute approximate surface area is 161 Å². The van der Waals surface area contributed by atoms with Gasteiger partial charge in [-0.05, 0) is 37.5 Å². The maximum Gasteiger partial charge on any atom is 0.129 e. The molecule has 1 N–H and O–H groups in total. The second kappa shape index (κ2) is 9.89. The molecule has 0 aliphatic carbocycles. The van der Waals surface area contributed by atoms with E-state index in [0.717, 1.165) is 30.7 Å². The van der Waals surface area contributed by atoms with Crippen LogP contribution in [0, 0.1) is 5.82 Å². The molecule has 3 rings (SSSR count). The highest BCUT2D eigenvalue weighted by molar-refractivity contribution is 5.33. The number of rotatable bonds is 9. The summed E-state index contributed by atoms with van der Waals surface area (Å²) in [5.41, 5.74) is 3.01. The highest BCUT2D eigenvalue weighted by Gasteiger charge is 2.08. The summed E-state index contributed by atoms with van der Waals surface area (Å²) in [5.74, 6) is 0.561. The third-order valence-corrected chi connectivity index (χ3v) is 4.66. The van der Waals surface area contributed by atoms with Gasteiger partial charge in [0.05, 0.1) is 0 Å². The van der Waals surface area contributed by atoms with Gasteiger partial charge in [-0.3, -0.25) is 0 Å². The summed E-state index contributed by atoms with van der Waals surface area (Å²) < 4.78 is 19.7. The van der Waals surface area contributed by atoms with Crippen LogP contribution >= 0.6 is 0 Å². The lowest BCUT2D eigenvalue weighted by molar-refractivity contribution is 0.295. The Morgan fingerprint density at radius 1 is 0.852 bits per heavy atom. The molecule has 140 valence electrons. The molecule has 27 heavy (non-hydrogen) atoms. The smallest absolute Gasteiger partial charge is 0.129 e. The van der Waals surface area contributed by atoms with E-state index in [1.165, 1.54) is 11.6 Å². The Kier molecular flexibility index (Phi) is 7.00. The predicted molar refractivity (Wildman–Crippen MR) is 108 cm³/mol. The Balaban J connectivity index is 1.52. The second-order valence-electron chi connectivity index (χ2n) is 6.79. The number of halogens is 1. The van der Waals surface area contributed by atoms with Crippen molar-refractivity contribution in [2.24, 2.45) is 0 Å². The van der Waals surface area contributed by atoms with Gasteiger partial charge in [0.15, 0.2) is 0 Å². The normalized spacial score (nSPS) is 11.9. The molecular formula is C24H26FNO. The van der Waals surface area contributed by atoms with E-state index >= 15 is 0 Å². The molecule has 3 aromatic carbocycles. The van der Waals surface area contributed by atoms with Crippen LogP contribution in [0.25, 0.3) is 0 Å². The molecule has 2 nitrogen and oxygen atoms in total. The van der Waals surface area contributed by atoms with Crippen molar-refractivity contribution in [3.63, 3.8) is 0 Å². The van der Waals surface area contributed by atoms with Crippen molar-refractivity contribution in [3.05, 3.63) is 101 Å². The molecule has 0 saturated heterocycles. The van der Waals surface area contributed by atoms with Crippen molar-refractivity contribution in [1.29, 1.82) is 0 Å². The summed E-state index contributed by atoms with van der Waals surface area (Å²) in [6, 6.07) is 25.6. The fraction of sp³-hybridized carbons (Fsp3) is 0.250. The molecule has 0 heterocycles. The zero-order chi connectivity index (χ0) is 18.9. The Bertz CT molecular complexity index is 835. The minimum Gasteiger partial charge on any atom is -0.488 e. The third kappa shape index (κ3) is 5.93.